The van der Waals surface area contributed by atoms with Crippen LogP contribution < -0.4 is 0 Å². The Hall–Kier alpha value is -2.89. The fourth-order valence-corrected chi connectivity index (χ4v) is 5.39. The lowest BCUT2D eigenvalue weighted by atomic mass is 9.94. The van der Waals surface area contributed by atoms with Gasteiger partial charge in [0.15, 0.2) is 17.9 Å². The van der Waals surface area contributed by atoms with Gasteiger partial charge in [-0.15, -0.1) is 0 Å². The van der Waals surface area contributed by atoms with Gasteiger partial charge in [-0.25, -0.2) is 13.2 Å². The minimum absolute atomic E-state index is 0.143. The molecule has 5 heteroatoms. The Kier molecular flexibility index (Phi) is 12.1. The van der Waals surface area contributed by atoms with E-state index in [1.165, 1.54) is 38.2 Å². The summed E-state index contributed by atoms with van der Waals surface area (Å²) in [5, 5.41) is 0. The van der Waals surface area contributed by atoms with Crippen molar-refractivity contribution in [3.63, 3.8) is 0 Å². The number of ether oxygens (including phenoxy) is 2. The molecule has 0 aliphatic carbocycles. The van der Waals surface area contributed by atoms with Crippen molar-refractivity contribution < 1.29 is 22.6 Å². The topological polar surface area (TPSA) is 18.5 Å². The number of rotatable bonds is 14. The maximum atomic E-state index is 15.2. The van der Waals surface area contributed by atoms with Crippen molar-refractivity contribution in [2.24, 2.45) is 0 Å². The van der Waals surface area contributed by atoms with Gasteiger partial charge in [-0.05, 0) is 66.0 Å². The fraction of sp³-hybridized carbons (Fsp3) is 0.444. The molecule has 1 fully saturated rings. The molecule has 0 saturated carbocycles. The van der Waals surface area contributed by atoms with Crippen LogP contribution in [0.15, 0.2) is 66.7 Å². The van der Waals surface area contributed by atoms with E-state index in [4.69, 9.17) is 9.47 Å². The smallest absolute Gasteiger partial charge is 0.166 e. The van der Waals surface area contributed by atoms with Gasteiger partial charge in [-0.3, -0.25) is 0 Å². The Morgan fingerprint density at radius 1 is 0.732 bits per heavy atom. The monoisotopic (exact) mass is 564 g/mol. The highest BCUT2D eigenvalue weighted by molar-refractivity contribution is 5.71. The van der Waals surface area contributed by atoms with Crippen molar-refractivity contribution in [1.82, 2.24) is 0 Å². The molecule has 1 saturated heterocycles. The van der Waals surface area contributed by atoms with Crippen molar-refractivity contribution in [3.8, 4) is 22.3 Å². The first-order valence-corrected chi connectivity index (χ1v) is 15.3. The van der Waals surface area contributed by atoms with Crippen LogP contribution >= 0.6 is 0 Å². The molecule has 1 aliphatic rings. The zero-order valence-electron chi connectivity index (χ0n) is 24.4. The zero-order chi connectivity index (χ0) is 29.0. The number of hydrogen-bond donors (Lipinski definition) is 0. The fourth-order valence-electron chi connectivity index (χ4n) is 5.39. The van der Waals surface area contributed by atoms with Crippen molar-refractivity contribution in [2.75, 3.05) is 13.2 Å². The zero-order valence-corrected chi connectivity index (χ0v) is 24.4. The first-order chi connectivity index (χ1) is 20.0. The van der Waals surface area contributed by atoms with E-state index in [-0.39, 0.29) is 23.6 Å². The Morgan fingerprint density at radius 3 is 2.12 bits per heavy atom. The lowest BCUT2D eigenvalue weighted by molar-refractivity contribution is -0.190. The maximum Gasteiger partial charge on any atom is 0.166 e. The van der Waals surface area contributed by atoms with Crippen LogP contribution in [0.4, 0.5) is 13.2 Å². The van der Waals surface area contributed by atoms with Gasteiger partial charge in [-0.1, -0.05) is 107 Å². The molecule has 1 aliphatic heterocycles. The molecular weight excluding hydrogens is 521 g/mol. The molecule has 0 unspecified atom stereocenters. The summed E-state index contributed by atoms with van der Waals surface area (Å²) in [7, 11) is 0. The van der Waals surface area contributed by atoms with Crippen molar-refractivity contribution in [3.05, 3.63) is 95.3 Å². The number of benzene rings is 3. The highest BCUT2D eigenvalue weighted by Gasteiger charge is 2.25. The normalized spacial score (nSPS) is 17.4. The predicted octanol–water partition coefficient (Wildman–Crippen LogP) is 10.5. The summed E-state index contributed by atoms with van der Waals surface area (Å²) in [6.45, 7) is 5.15. The van der Waals surface area contributed by atoms with Crippen LogP contribution in [-0.4, -0.2) is 19.5 Å². The maximum absolute atomic E-state index is 15.2. The standard InChI is InChI=1S/C36H43F3O2/c1-3-5-7-9-10-12-14-34-40-24-30(25-41-34)31-21-20-29(23-33(31)37)26-15-17-27(18-16-26)32-22-19-28(35(38)36(32)39)13-11-8-6-4-2/h6,8,15-23,30,34H,3-5,7,9-14,24-25H2,1-2H3/b8-6+. The molecule has 0 bridgehead atoms. The second-order valence-electron chi connectivity index (χ2n) is 11.0. The molecule has 3 aromatic carbocycles. The Labute approximate surface area is 243 Å². The number of unbranched alkanes of at least 4 members (excludes halogenated alkanes) is 5. The summed E-state index contributed by atoms with van der Waals surface area (Å²) in [5.74, 6) is -2.07. The van der Waals surface area contributed by atoms with Crippen LogP contribution in [0.25, 0.3) is 22.3 Å². The van der Waals surface area contributed by atoms with Crippen molar-refractivity contribution in [1.29, 1.82) is 0 Å². The van der Waals surface area contributed by atoms with Crippen LogP contribution in [0.1, 0.15) is 88.7 Å². The van der Waals surface area contributed by atoms with Crippen LogP contribution in [0.5, 0.6) is 0 Å². The Morgan fingerprint density at radius 2 is 1.41 bits per heavy atom. The molecule has 41 heavy (non-hydrogen) atoms. The van der Waals surface area contributed by atoms with E-state index in [0.29, 0.717) is 42.7 Å². The third kappa shape index (κ3) is 8.56. The molecule has 220 valence electrons. The van der Waals surface area contributed by atoms with E-state index in [1.54, 1.807) is 30.3 Å². The van der Waals surface area contributed by atoms with E-state index in [2.05, 4.69) is 6.92 Å². The summed E-state index contributed by atoms with van der Waals surface area (Å²) in [5.41, 5.74) is 3.28. The van der Waals surface area contributed by atoms with Crippen LogP contribution in [-0.2, 0) is 15.9 Å². The quantitative estimate of drug-likeness (QED) is 0.143. The molecule has 0 atom stereocenters. The summed E-state index contributed by atoms with van der Waals surface area (Å²) in [6.07, 6.45) is 14.1. The second-order valence-corrected chi connectivity index (χ2v) is 11.0. The highest BCUT2D eigenvalue weighted by Crippen LogP contribution is 2.32. The molecule has 4 rings (SSSR count). The highest BCUT2D eigenvalue weighted by atomic mass is 19.2. The third-order valence-electron chi connectivity index (χ3n) is 7.87. The summed E-state index contributed by atoms with van der Waals surface area (Å²) in [4.78, 5) is 0. The van der Waals surface area contributed by atoms with Crippen LogP contribution in [0.3, 0.4) is 0 Å². The van der Waals surface area contributed by atoms with Crippen molar-refractivity contribution >= 4 is 0 Å². The van der Waals surface area contributed by atoms with E-state index in [0.717, 1.165) is 30.4 Å². The van der Waals surface area contributed by atoms with Crippen LogP contribution in [0.2, 0.25) is 0 Å². The SMILES string of the molecule is CC/C=C/CCc1ccc(-c2ccc(-c3ccc(C4COC(CCCCCCCC)OC4)c(F)c3)cc2)c(F)c1F. The van der Waals surface area contributed by atoms with Gasteiger partial charge in [0.2, 0.25) is 0 Å². The van der Waals surface area contributed by atoms with E-state index in [1.807, 2.05) is 37.3 Å². The second kappa shape index (κ2) is 15.9. The average Bonchev–Trinajstić information content (AvgIpc) is 3.00. The predicted molar refractivity (Wildman–Crippen MR) is 161 cm³/mol. The molecule has 0 spiro atoms. The minimum Gasteiger partial charge on any atom is -0.352 e. The largest absolute Gasteiger partial charge is 0.352 e. The summed E-state index contributed by atoms with van der Waals surface area (Å²) < 4.78 is 56.6. The van der Waals surface area contributed by atoms with E-state index < -0.39 is 11.6 Å². The summed E-state index contributed by atoms with van der Waals surface area (Å²) >= 11 is 0. The molecule has 0 N–H and O–H groups in total. The van der Waals surface area contributed by atoms with Gasteiger partial charge in [0, 0.05) is 11.5 Å². The molecule has 0 radical (unpaired) electrons. The molecular formula is C36H43F3O2. The van der Waals surface area contributed by atoms with Crippen LogP contribution in [0, 0.1) is 17.5 Å². The number of halogens is 3. The van der Waals surface area contributed by atoms with Gasteiger partial charge >= 0.3 is 0 Å². The Bertz CT molecular complexity index is 1260. The number of hydrogen-bond acceptors (Lipinski definition) is 2. The van der Waals surface area contributed by atoms with Gasteiger partial charge in [0.05, 0.1) is 13.2 Å². The number of aryl methyl sites for hydroxylation is 1. The van der Waals surface area contributed by atoms with E-state index in [9.17, 15) is 8.78 Å². The van der Waals surface area contributed by atoms with Gasteiger partial charge in [0.1, 0.15) is 5.82 Å². The molecule has 0 aromatic heterocycles. The molecule has 0 amide bonds. The molecule has 2 nitrogen and oxygen atoms in total. The Balaban J connectivity index is 1.34. The molecule has 3 aromatic rings. The van der Waals surface area contributed by atoms with Gasteiger partial charge < -0.3 is 9.47 Å². The lowest BCUT2D eigenvalue weighted by Crippen LogP contribution is -2.31. The lowest BCUT2D eigenvalue weighted by Gasteiger charge is -2.30. The first-order valence-electron chi connectivity index (χ1n) is 15.3. The minimum atomic E-state index is -0.837. The number of allylic oxidation sites excluding steroid dienone is 2. The van der Waals surface area contributed by atoms with E-state index >= 15 is 4.39 Å². The van der Waals surface area contributed by atoms with Gasteiger partial charge in [0.25, 0.3) is 0 Å². The average molecular weight is 565 g/mol. The summed E-state index contributed by atoms with van der Waals surface area (Å²) in [6, 6.07) is 15.6. The van der Waals surface area contributed by atoms with Gasteiger partial charge in [-0.2, -0.15) is 0 Å². The third-order valence-corrected chi connectivity index (χ3v) is 7.87. The molecule has 1 heterocycles. The van der Waals surface area contributed by atoms with Crippen molar-refractivity contribution in [2.45, 2.75) is 90.3 Å². The first kappa shape index (κ1) is 31.1.